The minimum absolute atomic E-state index is 0.170. The second kappa shape index (κ2) is 6.21. The molecule has 0 aliphatic rings. The average molecular weight is 282 g/mol. The Morgan fingerprint density at radius 3 is 2.05 bits per heavy atom. The van der Waals surface area contributed by atoms with Crippen LogP contribution in [0.3, 0.4) is 0 Å². The normalized spacial score (nSPS) is 12.5. The highest BCUT2D eigenvalue weighted by molar-refractivity contribution is 5.27. The average Bonchev–Trinajstić information content (AvgIpc) is 2.34. The van der Waals surface area contributed by atoms with Gasteiger partial charge in [-0.1, -0.05) is 19.1 Å². The summed E-state index contributed by atoms with van der Waals surface area (Å²) >= 11 is 0. The van der Waals surface area contributed by atoms with Gasteiger partial charge in [-0.2, -0.15) is 22.0 Å². The molecule has 0 heterocycles. The molecule has 0 amide bonds. The molecule has 1 nitrogen and oxygen atoms in total. The molecule has 1 aromatic rings. The monoisotopic (exact) mass is 282 g/mol. The molecular formula is C13H15F5O. The van der Waals surface area contributed by atoms with Gasteiger partial charge in [0.2, 0.25) is 0 Å². The molecule has 0 unspecified atom stereocenters. The van der Waals surface area contributed by atoms with Crippen molar-refractivity contribution in [2.24, 2.45) is 0 Å². The van der Waals surface area contributed by atoms with Crippen molar-refractivity contribution in [3.63, 3.8) is 0 Å². The maximum atomic E-state index is 12.6. The standard InChI is InChI=1S/C13H15F5O/c1-2-10-4-6-11(7-5-10)19-9-3-8-12(14,15)13(16,17)18/h4-7H,2-3,8-9H2,1H3. The molecule has 108 valence electrons. The molecule has 0 aliphatic heterocycles. The van der Waals surface area contributed by atoms with Gasteiger partial charge in [0, 0.05) is 6.42 Å². The summed E-state index contributed by atoms with van der Waals surface area (Å²) in [6.45, 7) is 1.81. The first-order valence-electron chi connectivity index (χ1n) is 5.92. The molecule has 0 saturated carbocycles. The zero-order valence-electron chi connectivity index (χ0n) is 10.4. The molecule has 19 heavy (non-hydrogen) atoms. The van der Waals surface area contributed by atoms with Gasteiger partial charge < -0.3 is 4.74 Å². The lowest BCUT2D eigenvalue weighted by atomic mass is 10.1. The van der Waals surface area contributed by atoms with Crippen LogP contribution in [0.4, 0.5) is 22.0 Å². The van der Waals surface area contributed by atoms with Gasteiger partial charge in [0.15, 0.2) is 0 Å². The summed E-state index contributed by atoms with van der Waals surface area (Å²) in [6, 6.07) is 6.97. The van der Waals surface area contributed by atoms with Crippen molar-refractivity contribution in [3.05, 3.63) is 29.8 Å². The summed E-state index contributed by atoms with van der Waals surface area (Å²) in [4.78, 5) is 0. The van der Waals surface area contributed by atoms with E-state index in [-0.39, 0.29) is 13.0 Å². The summed E-state index contributed by atoms with van der Waals surface area (Å²) in [5, 5.41) is 0. The molecule has 0 N–H and O–H groups in total. The molecule has 6 heteroatoms. The van der Waals surface area contributed by atoms with Crippen LogP contribution < -0.4 is 4.74 Å². The van der Waals surface area contributed by atoms with Crippen LogP contribution in [0.15, 0.2) is 24.3 Å². The van der Waals surface area contributed by atoms with Crippen molar-refractivity contribution >= 4 is 0 Å². The largest absolute Gasteiger partial charge is 0.494 e. The molecule has 1 rings (SSSR count). The Morgan fingerprint density at radius 2 is 1.58 bits per heavy atom. The highest BCUT2D eigenvalue weighted by atomic mass is 19.4. The maximum Gasteiger partial charge on any atom is 0.453 e. The number of ether oxygens (including phenoxy) is 1. The van der Waals surface area contributed by atoms with Crippen molar-refractivity contribution in [2.75, 3.05) is 6.61 Å². The second-order valence-corrected chi connectivity index (χ2v) is 4.15. The number of rotatable bonds is 6. The van der Waals surface area contributed by atoms with Gasteiger partial charge in [-0.15, -0.1) is 0 Å². The smallest absolute Gasteiger partial charge is 0.453 e. The van der Waals surface area contributed by atoms with E-state index >= 15 is 0 Å². The SMILES string of the molecule is CCc1ccc(OCCCC(F)(F)C(F)(F)F)cc1. The zero-order chi connectivity index (χ0) is 14.5. The summed E-state index contributed by atoms with van der Waals surface area (Å²) < 4.78 is 65.9. The lowest BCUT2D eigenvalue weighted by Gasteiger charge is -2.19. The Labute approximate surface area is 108 Å². The van der Waals surface area contributed by atoms with Crippen molar-refractivity contribution in [2.45, 2.75) is 38.3 Å². The molecule has 0 saturated heterocycles. The molecule has 0 radical (unpaired) electrons. The van der Waals surface area contributed by atoms with E-state index in [1.54, 1.807) is 12.1 Å². The van der Waals surface area contributed by atoms with E-state index in [1.807, 2.05) is 19.1 Å². The van der Waals surface area contributed by atoms with E-state index in [2.05, 4.69) is 0 Å². The Morgan fingerprint density at radius 1 is 1.00 bits per heavy atom. The van der Waals surface area contributed by atoms with Crippen molar-refractivity contribution in [1.82, 2.24) is 0 Å². The summed E-state index contributed by atoms with van der Waals surface area (Å²) in [6.07, 6.45) is -6.25. The molecule has 0 spiro atoms. The Kier molecular flexibility index (Phi) is 5.14. The first-order chi connectivity index (χ1) is 8.76. The summed E-state index contributed by atoms with van der Waals surface area (Å²) in [5.74, 6) is -4.19. The minimum atomic E-state index is -5.49. The molecule has 0 fully saturated rings. The van der Waals surface area contributed by atoms with Crippen LogP contribution >= 0.6 is 0 Å². The van der Waals surface area contributed by atoms with Gasteiger partial charge >= 0.3 is 12.1 Å². The van der Waals surface area contributed by atoms with Crippen LogP contribution in [0.25, 0.3) is 0 Å². The molecule has 0 aromatic heterocycles. The number of benzene rings is 1. The van der Waals surface area contributed by atoms with E-state index in [1.165, 1.54) is 0 Å². The quantitative estimate of drug-likeness (QED) is 0.547. The Bertz CT molecular complexity index is 383. The van der Waals surface area contributed by atoms with Crippen molar-refractivity contribution in [1.29, 1.82) is 0 Å². The van der Waals surface area contributed by atoms with Crippen molar-refractivity contribution in [3.8, 4) is 5.75 Å². The molecule has 0 atom stereocenters. The molecule has 0 aliphatic carbocycles. The predicted octanol–water partition coefficient (Wildman–Crippen LogP) is 4.61. The minimum Gasteiger partial charge on any atom is -0.494 e. The van der Waals surface area contributed by atoms with E-state index in [4.69, 9.17) is 4.74 Å². The molecular weight excluding hydrogens is 267 g/mol. The van der Waals surface area contributed by atoms with E-state index in [0.29, 0.717) is 5.75 Å². The third kappa shape index (κ3) is 4.69. The van der Waals surface area contributed by atoms with E-state index in [0.717, 1.165) is 12.0 Å². The van der Waals surface area contributed by atoms with Crippen LogP contribution in [0.5, 0.6) is 5.75 Å². The number of hydrogen-bond donors (Lipinski definition) is 0. The Hall–Kier alpha value is -1.33. The number of aryl methyl sites for hydroxylation is 1. The van der Waals surface area contributed by atoms with E-state index in [9.17, 15) is 22.0 Å². The highest BCUT2D eigenvalue weighted by Crippen LogP contribution is 2.38. The topological polar surface area (TPSA) is 9.23 Å². The molecule has 1 aromatic carbocycles. The van der Waals surface area contributed by atoms with E-state index < -0.39 is 18.5 Å². The third-order valence-electron chi connectivity index (χ3n) is 2.65. The van der Waals surface area contributed by atoms with Crippen molar-refractivity contribution < 1.29 is 26.7 Å². The fourth-order valence-electron chi connectivity index (χ4n) is 1.45. The van der Waals surface area contributed by atoms with Crippen LogP contribution in [-0.2, 0) is 6.42 Å². The Balaban J connectivity index is 2.34. The lowest BCUT2D eigenvalue weighted by Crippen LogP contribution is -2.36. The summed E-state index contributed by atoms with van der Waals surface area (Å²) in [5.41, 5.74) is 1.09. The van der Waals surface area contributed by atoms with Crippen LogP contribution in [0.2, 0.25) is 0 Å². The summed E-state index contributed by atoms with van der Waals surface area (Å²) in [7, 11) is 0. The first kappa shape index (κ1) is 15.7. The number of alkyl halides is 5. The van der Waals surface area contributed by atoms with Crippen LogP contribution in [-0.4, -0.2) is 18.7 Å². The predicted molar refractivity (Wildman–Crippen MR) is 61.6 cm³/mol. The van der Waals surface area contributed by atoms with Crippen LogP contribution in [0.1, 0.15) is 25.3 Å². The fourth-order valence-corrected chi connectivity index (χ4v) is 1.45. The van der Waals surface area contributed by atoms with Gasteiger partial charge in [-0.3, -0.25) is 0 Å². The number of halogens is 5. The highest BCUT2D eigenvalue weighted by Gasteiger charge is 2.56. The zero-order valence-corrected chi connectivity index (χ0v) is 10.4. The van der Waals surface area contributed by atoms with Gasteiger partial charge in [-0.05, 0) is 30.5 Å². The second-order valence-electron chi connectivity index (χ2n) is 4.15. The fraction of sp³-hybridized carbons (Fsp3) is 0.538. The maximum absolute atomic E-state index is 12.6. The van der Waals surface area contributed by atoms with Gasteiger partial charge in [0.05, 0.1) is 6.61 Å². The van der Waals surface area contributed by atoms with Gasteiger partial charge in [-0.25, -0.2) is 0 Å². The third-order valence-corrected chi connectivity index (χ3v) is 2.65. The molecule has 0 bridgehead atoms. The lowest BCUT2D eigenvalue weighted by molar-refractivity contribution is -0.284. The number of hydrogen-bond acceptors (Lipinski definition) is 1. The van der Waals surface area contributed by atoms with Gasteiger partial charge in [0.25, 0.3) is 0 Å². The van der Waals surface area contributed by atoms with Crippen LogP contribution in [0, 0.1) is 0 Å². The van der Waals surface area contributed by atoms with Gasteiger partial charge in [0.1, 0.15) is 5.75 Å². The first-order valence-corrected chi connectivity index (χ1v) is 5.92.